The summed E-state index contributed by atoms with van der Waals surface area (Å²) >= 11 is -0.960. The molecule has 0 amide bonds. The quantitative estimate of drug-likeness (QED) is 0.757. The smallest absolute Gasteiger partial charge is 0.136 e. The summed E-state index contributed by atoms with van der Waals surface area (Å²) in [6.45, 7) is 9.80. The van der Waals surface area contributed by atoms with E-state index in [2.05, 4.69) is 11.6 Å². The van der Waals surface area contributed by atoms with Crippen molar-refractivity contribution in [2.24, 2.45) is 5.92 Å². The highest BCUT2D eigenvalue weighted by atomic mass is 32.2. The Kier molecular flexibility index (Phi) is 4.90. The zero-order valence-corrected chi connectivity index (χ0v) is 11.0. The molecule has 0 aliphatic carbocycles. The van der Waals surface area contributed by atoms with Crippen LogP contribution in [0.3, 0.4) is 0 Å². The molecule has 1 aliphatic heterocycles. The maximum absolute atomic E-state index is 11.9. The first kappa shape index (κ1) is 13.3. The molecule has 0 bridgehead atoms. The first-order chi connectivity index (χ1) is 6.91. The maximum Gasteiger partial charge on any atom is 0.136 e. The van der Waals surface area contributed by atoms with Gasteiger partial charge in [0.25, 0.3) is 0 Å². The average Bonchev–Trinajstić information content (AvgIpc) is 2.17. The average molecular weight is 233 g/mol. The molecule has 0 aromatic carbocycles. The van der Waals surface area contributed by atoms with Gasteiger partial charge in [0, 0.05) is 24.6 Å². The molecule has 0 saturated carbocycles. The van der Waals surface area contributed by atoms with Crippen LogP contribution >= 0.6 is 0 Å². The van der Waals surface area contributed by atoms with E-state index < -0.39 is 11.4 Å². The lowest BCUT2D eigenvalue weighted by Gasteiger charge is -2.31. The third kappa shape index (κ3) is 4.31. The summed E-state index contributed by atoms with van der Waals surface area (Å²) in [5.74, 6) is 0.602. The van der Waals surface area contributed by atoms with Crippen molar-refractivity contribution in [2.75, 3.05) is 13.2 Å². The van der Waals surface area contributed by atoms with Gasteiger partial charge in [0.1, 0.15) is 4.75 Å². The van der Waals surface area contributed by atoms with E-state index in [1.54, 1.807) is 0 Å². The van der Waals surface area contributed by atoms with E-state index in [0.29, 0.717) is 12.0 Å². The summed E-state index contributed by atoms with van der Waals surface area (Å²) < 4.78 is 20.2. The van der Waals surface area contributed by atoms with Crippen LogP contribution in [-0.4, -0.2) is 28.6 Å². The lowest BCUT2D eigenvalue weighted by molar-refractivity contribution is 0.0585. The highest BCUT2D eigenvalue weighted by molar-refractivity contribution is 7.90. The molecule has 2 atom stereocenters. The molecule has 0 aromatic rings. The predicted molar refractivity (Wildman–Crippen MR) is 64.0 cm³/mol. The molecular weight excluding hydrogens is 210 g/mol. The van der Waals surface area contributed by atoms with Gasteiger partial charge >= 0.3 is 0 Å². The fourth-order valence-electron chi connectivity index (χ4n) is 1.66. The van der Waals surface area contributed by atoms with Crippen molar-refractivity contribution >= 4 is 11.4 Å². The molecule has 1 rings (SSSR count). The summed E-state index contributed by atoms with van der Waals surface area (Å²) in [7, 11) is 0. The van der Waals surface area contributed by atoms with Crippen molar-refractivity contribution in [2.45, 2.75) is 51.3 Å². The minimum atomic E-state index is -0.960. The van der Waals surface area contributed by atoms with Crippen LogP contribution in [0.1, 0.15) is 40.5 Å². The van der Waals surface area contributed by atoms with E-state index in [9.17, 15) is 4.55 Å². The molecule has 1 N–H and O–H groups in total. The van der Waals surface area contributed by atoms with Crippen molar-refractivity contribution in [3.8, 4) is 0 Å². The van der Waals surface area contributed by atoms with Gasteiger partial charge < -0.3 is 9.29 Å². The summed E-state index contributed by atoms with van der Waals surface area (Å²) in [4.78, 5) is 0. The van der Waals surface area contributed by atoms with Gasteiger partial charge in [-0.05, 0) is 46.5 Å². The van der Waals surface area contributed by atoms with Gasteiger partial charge in [0.15, 0.2) is 0 Å². The molecule has 0 aromatic heterocycles. The fraction of sp³-hybridized carbons (Fsp3) is 1.00. The topological polar surface area (TPSA) is 44.3 Å². The second kappa shape index (κ2) is 5.53. The first-order valence-corrected chi connectivity index (χ1v) is 6.82. The number of ether oxygens (including phenoxy) is 1. The highest BCUT2D eigenvalue weighted by Crippen LogP contribution is 2.21. The zero-order chi connectivity index (χ0) is 11.5. The molecule has 1 unspecified atom stereocenters. The van der Waals surface area contributed by atoms with Crippen LogP contribution in [0.15, 0.2) is 0 Å². The van der Waals surface area contributed by atoms with E-state index in [1.165, 1.54) is 0 Å². The van der Waals surface area contributed by atoms with E-state index in [1.807, 2.05) is 20.8 Å². The Morgan fingerprint density at radius 3 is 2.33 bits per heavy atom. The number of hydrogen-bond acceptors (Lipinski definition) is 3. The standard InChI is InChI=1S/C11H23NO2S/c1-9(10-5-7-14-8-6-10)12-15(13)11(2,3)4/h9-10,12H,5-8H2,1-4H3/t9-,15?/m1/s1. The van der Waals surface area contributed by atoms with Crippen molar-refractivity contribution in [3.05, 3.63) is 0 Å². The van der Waals surface area contributed by atoms with Gasteiger partial charge in [-0.25, -0.2) is 0 Å². The van der Waals surface area contributed by atoms with Crippen LogP contribution in [0.5, 0.6) is 0 Å². The third-order valence-corrected chi connectivity index (χ3v) is 4.52. The van der Waals surface area contributed by atoms with E-state index >= 15 is 0 Å². The molecule has 3 nitrogen and oxygen atoms in total. The molecular formula is C11H23NO2S. The lowest BCUT2D eigenvalue weighted by atomic mass is 9.94. The van der Waals surface area contributed by atoms with Crippen molar-refractivity contribution in [1.29, 1.82) is 0 Å². The van der Waals surface area contributed by atoms with Gasteiger partial charge in [-0.2, -0.15) is 0 Å². The predicted octanol–water partition coefficient (Wildman–Crippen LogP) is 1.85. The van der Waals surface area contributed by atoms with Crippen LogP contribution in [0.25, 0.3) is 0 Å². The molecule has 15 heavy (non-hydrogen) atoms. The first-order valence-electron chi connectivity index (χ1n) is 5.67. The molecule has 1 aliphatic rings. The lowest BCUT2D eigenvalue weighted by Crippen LogP contribution is -2.47. The van der Waals surface area contributed by atoms with E-state index in [0.717, 1.165) is 26.1 Å². The van der Waals surface area contributed by atoms with Crippen LogP contribution < -0.4 is 4.72 Å². The molecule has 1 saturated heterocycles. The summed E-state index contributed by atoms with van der Waals surface area (Å²) in [6.07, 6.45) is 2.16. The summed E-state index contributed by atoms with van der Waals surface area (Å²) in [5.41, 5.74) is 0. The molecule has 1 fully saturated rings. The second-order valence-corrected chi connectivity index (χ2v) is 7.24. The fourth-order valence-corrected chi connectivity index (χ4v) is 2.54. The Morgan fingerprint density at radius 1 is 1.33 bits per heavy atom. The SMILES string of the molecule is C[C@@H](N[S+]([O-])C(C)(C)C)C1CCOCC1. The Labute approximate surface area is 96.3 Å². The van der Waals surface area contributed by atoms with Gasteiger partial charge in [-0.3, -0.25) is 0 Å². The summed E-state index contributed by atoms with van der Waals surface area (Å²) in [5, 5.41) is 0. The second-order valence-electron chi connectivity index (χ2n) is 5.24. The Hall–Kier alpha value is 0.230. The minimum Gasteiger partial charge on any atom is -0.598 e. The van der Waals surface area contributed by atoms with Crippen LogP contribution in [0, 0.1) is 5.92 Å². The molecule has 1 heterocycles. The number of nitrogens with one attached hydrogen (secondary N) is 1. The van der Waals surface area contributed by atoms with Gasteiger partial charge in [0.2, 0.25) is 0 Å². The Balaban J connectivity index is 2.36. The van der Waals surface area contributed by atoms with E-state index in [-0.39, 0.29) is 4.75 Å². The van der Waals surface area contributed by atoms with Crippen LogP contribution in [0.2, 0.25) is 0 Å². The maximum atomic E-state index is 11.9. The van der Waals surface area contributed by atoms with Crippen LogP contribution in [0.4, 0.5) is 0 Å². The zero-order valence-electron chi connectivity index (χ0n) is 10.2. The highest BCUT2D eigenvalue weighted by Gasteiger charge is 2.31. The van der Waals surface area contributed by atoms with E-state index in [4.69, 9.17) is 4.74 Å². The number of rotatable bonds is 3. The Bertz CT molecular complexity index is 188. The number of hydrogen-bond donors (Lipinski definition) is 1. The van der Waals surface area contributed by atoms with Gasteiger partial charge in [-0.15, -0.1) is 4.72 Å². The Morgan fingerprint density at radius 2 is 1.87 bits per heavy atom. The monoisotopic (exact) mass is 233 g/mol. The molecule has 0 spiro atoms. The third-order valence-electron chi connectivity index (χ3n) is 2.82. The largest absolute Gasteiger partial charge is 0.598 e. The normalized spacial score (nSPS) is 23.8. The minimum absolute atomic E-state index is 0.181. The molecule has 0 radical (unpaired) electrons. The summed E-state index contributed by atoms with van der Waals surface area (Å²) in [6, 6.07) is 0.314. The van der Waals surface area contributed by atoms with Crippen LogP contribution in [-0.2, 0) is 16.1 Å². The van der Waals surface area contributed by atoms with Gasteiger partial charge in [-0.1, -0.05) is 0 Å². The van der Waals surface area contributed by atoms with Crippen molar-refractivity contribution in [3.63, 3.8) is 0 Å². The molecule has 90 valence electrons. The van der Waals surface area contributed by atoms with Crippen molar-refractivity contribution < 1.29 is 9.29 Å². The van der Waals surface area contributed by atoms with Gasteiger partial charge in [0.05, 0.1) is 6.04 Å². The molecule has 4 heteroatoms. The van der Waals surface area contributed by atoms with Crippen molar-refractivity contribution in [1.82, 2.24) is 4.72 Å².